The SMILES string of the molecule is CC.CSN1CCN(C(C)C)CC1C. The van der Waals surface area contributed by atoms with Gasteiger partial charge in [-0.05, 0) is 27.0 Å². The van der Waals surface area contributed by atoms with E-state index in [1.165, 1.54) is 19.6 Å². The van der Waals surface area contributed by atoms with Gasteiger partial charge in [0.2, 0.25) is 0 Å². The van der Waals surface area contributed by atoms with Crippen LogP contribution in [0.25, 0.3) is 0 Å². The van der Waals surface area contributed by atoms with Crippen LogP contribution < -0.4 is 0 Å². The Labute approximate surface area is 94.2 Å². The lowest BCUT2D eigenvalue weighted by Gasteiger charge is -2.40. The van der Waals surface area contributed by atoms with Gasteiger partial charge in [-0.2, -0.15) is 0 Å². The van der Waals surface area contributed by atoms with Crippen LogP contribution in [0.15, 0.2) is 0 Å². The lowest BCUT2D eigenvalue weighted by molar-refractivity contribution is 0.123. The molecule has 1 unspecified atom stereocenters. The van der Waals surface area contributed by atoms with E-state index in [-0.39, 0.29) is 0 Å². The van der Waals surface area contributed by atoms with Crippen molar-refractivity contribution in [2.45, 2.75) is 46.7 Å². The van der Waals surface area contributed by atoms with Crippen LogP contribution in [0.5, 0.6) is 0 Å². The molecule has 14 heavy (non-hydrogen) atoms. The van der Waals surface area contributed by atoms with Gasteiger partial charge in [-0.25, -0.2) is 4.31 Å². The Morgan fingerprint density at radius 3 is 2.14 bits per heavy atom. The maximum Gasteiger partial charge on any atom is 0.0302 e. The van der Waals surface area contributed by atoms with Gasteiger partial charge in [0.1, 0.15) is 0 Å². The smallest absolute Gasteiger partial charge is 0.0302 e. The molecule has 0 bridgehead atoms. The Hall–Kier alpha value is 0.270. The molecule has 1 aliphatic rings. The fourth-order valence-electron chi connectivity index (χ4n) is 1.71. The summed E-state index contributed by atoms with van der Waals surface area (Å²) in [6.45, 7) is 14.5. The predicted molar refractivity (Wildman–Crippen MR) is 67.7 cm³/mol. The Bertz CT molecular complexity index is 139. The zero-order chi connectivity index (χ0) is 11.1. The van der Waals surface area contributed by atoms with E-state index in [1.54, 1.807) is 0 Å². The molecular weight excluding hydrogens is 192 g/mol. The highest BCUT2D eigenvalue weighted by atomic mass is 32.2. The maximum absolute atomic E-state index is 2.55. The van der Waals surface area contributed by atoms with Crippen LogP contribution in [0.4, 0.5) is 0 Å². The first kappa shape index (κ1) is 14.3. The quantitative estimate of drug-likeness (QED) is 0.658. The van der Waals surface area contributed by atoms with Crippen molar-refractivity contribution in [2.24, 2.45) is 0 Å². The van der Waals surface area contributed by atoms with Crippen molar-refractivity contribution >= 4 is 11.9 Å². The van der Waals surface area contributed by atoms with E-state index in [2.05, 4.69) is 36.2 Å². The topological polar surface area (TPSA) is 6.48 Å². The Balaban J connectivity index is 0.000000791. The van der Waals surface area contributed by atoms with Crippen LogP contribution in [0.3, 0.4) is 0 Å². The van der Waals surface area contributed by atoms with Crippen LogP contribution in [0.1, 0.15) is 34.6 Å². The molecule has 0 aliphatic carbocycles. The normalized spacial score (nSPS) is 24.6. The summed E-state index contributed by atoms with van der Waals surface area (Å²) in [7, 11) is 0. The fraction of sp³-hybridized carbons (Fsp3) is 1.00. The molecule has 0 amide bonds. The molecule has 0 aromatic heterocycles. The second-order valence-corrected chi connectivity index (χ2v) is 4.60. The van der Waals surface area contributed by atoms with Gasteiger partial charge in [0.25, 0.3) is 0 Å². The van der Waals surface area contributed by atoms with E-state index >= 15 is 0 Å². The number of piperazine rings is 1. The number of rotatable bonds is 2. The van der Waals surface area contributed by atoms with Gasteiger partial charge in [0.15, 0.2) is 0 Å². The minimum Gasteiger partial charge on any atom is -0.298 e. The summed E-state index contributed by atoms with van der Waals surface area (Å²) >= 11 is 1.87. The lowest BCUT2D eigenvalue weighted by atomic mass is 10.2. The average molecular weight is 218 g/mol. The largest absolute Gasteiger partial charge is 0.298 e. The summed E-state index contributed by atoms with van der Waals surface area (Å²) in [6, 6.07) is 1.41. The van der Waals surface area contributed by atoms with E-state index in [0.29, 0.717) is 12.1 Å². The van der Waals surface area contributed by atoms with Crippen LogP contribution in [0.2, 0.25) is 0 Å². The van der Waals surface area contributed by atoms with E-state index in [9.17, 15) is 0 Å². The van der Waals surface area contributed by atoms with Gasteiger partial charge >= 0.3 is 0 Å². The first-order valence-electron chi connectivity index (χ1n) is 5.70. The zero-order valence-corrected chi connectivity index (χ0v) is 11.4. The summed E-state index contributed by atoms with van der Waals surface area (Å²) in [5, 5.41) is 0. The first-order valence-corrected chi connectivity index (χ1v) is 6.88. The molecule has 1 saturated heterocycles. The van der Waals surface area contributed by atoms with Crippen molar-refractivity contribution in [2.75, 3.05) is 25.9 Å². The summed E-state index contributed by atoms with van der Waals surface area (Å²) in [5.41, 5.74) is 0. The van der Waals surface area contributed by atoms with E-state index in [0.717, 1.165) is 0 Å². The predicted octanol–water partition coefficient (Wildman–Crippen LogP) is 2.71. The Morgan fingerprint density at radius 1 is 1.21 bits per heavy atom. The summed E-state index contributed by atoms with van der Waals surface area (Å²) in [6.07, 6.45) is 2.17. The number of hydrogen-bond donors (Lipinski definition) is 0. The molecule has 1 atom stereocenters. The van der Waals surface area contributed by atoms with Gasteiger partial charge in [0.05, 0.1) is 0 Å². The molecule has 1 aliphatic heterocycles. The molecule has 1 rings (SSSR count). The van der Waals surface area contributed by atoms with Crippen molar-refractivity contribution in [3.05, 3.63) is 0 Å². The molecule has 2 nitrogen and oxygen atoms in total. The maximum atomic E-state index is 2.55. The second-order valence-electron chi connectivity index (χ2n) is 3.76. The number of hydrogen-bond acceptors (Lipinski definition) is 3. The molecule has 1 fully saturated rings. The van der Waals surface area contributed by atoms with Gasteiger partial charge in [0, 0.05) is 31.7 Å². The van der Waals surface area contributed by atoms with Crippen LogP contribution in [0, 0.1) is 0 Å². The van der Waals surface area contributed by atoms with Gasteiger partial charge in [-0.3, -0.25) is 4.90 Å². The molecule has 3 heteroatoms. The Morgan fingerprint density at radius 2 is 1.79 bits per heavy atom. The molecule has 0 aromatic carbocycles. The highest BCUT2D eigenvalue weighted by Crippen LogP contribution is 2.17. The average Bonchev–Trinajstić information content (AvgIpc) is 2.20. The van der Waals surface area contributed by atoms with E-state index < -0.39 is 0 Å². The standard InChI is InChI=1S/C9H20N2S.C2H6/c1-8(2)10-5-6-11(12-4)9(3)7-10;1-2/h8-9H,5-7H2,1-4H3;1-2H3. The van der Waals surface area contributed by atoms with Crippen LogP contribution in [-0.4, -0.2) is 47.2 Å². The van der Waals surface area contributed by atoms with Gasteiger partial charge in [-0.15, -0.1) is 0 Å². The fourth-order valence-corrected chi connectivity index (χ4v) is 2.40. The lowest BCUT2D eigenvalue weighted by Crippen LogP contribution is -2.51. The number of nitrogens with zero attached hydrogens (tertiary/aromatic N) is 2. The monoisotopic (exact) mass is 218 g/mol. The molecular formula is C11H26N2S. The molecule has 0 N–H and O–H groups in total. The summed E-state index contributed by atoms with van der Waals surface area (Å²) in [5.74, 6) is 0. The van der Waals surface area contributed by atoms with E-state index in [4.69, 9.17) is 0 Å². The molecule has 0 spiro atoms. The highest BCUT2D eigenvalue weighted by Gasteiger charge is 2.23. The third kappa shape index (κ3) is 4.20. The van der Waals surface area contributed by atoms with Crippen molar-refractivity contribution in [1.82, 2.24) is 9.21 Å². The molecule has 0 radical (unpaired) electrons. The Kier molecular flexibility index (Phi) is 7.69. The zero-order valence-electron chi connectivity index (χ0n) is 10.6. The third-order valence-electron chi connectivity index (χ3n) is 2.56. The molecule has 1 heterocycles. The van der Waals surface area contributed by atoms with Crippen molar-refractivity contribution < 1.29 is 0 Å². The summed E-state index contributed by atoms with van der Waals surface area (Å²) < 4.78 is 2.47. The second kappa shape index (κ2) is 7.55. The first-order chi connectivity index (χ1) is 6.65. The van der Waals surface area contributed by atoms with Crippen molar-refractivity contribution in [1.29, 1.82) is 0 Å². The van der Waals surface area contributed by atoms with E-state index in [1.807, 2.05) is 25.8 Å². The third-order valence-corrected chi connectivity index (χ3v) is 3.57. The highest BCUT2D eigenvalue weighted by molar-refractivity contribution is 7.96. The van der Waals surface area contributed by atoms with Crippen LogP contribution >= 0.6 is 11.9 Å². The van der Waals surface area contributed by atoms with Crippen LogP contribution in [-0.2, 0) is 0 Å². The van der Waals surface area contributed by atoms with Crippen molar-refractivity contribution in [3.63, 3.8) is 0 Å². The molecule has 86 valence electrons. The molecule has 0 saturated carbocycles. The minimum absolute atomic E-state index is 0.705. The summed E-state index contributed by atoms with van der Waals surface area (Å²) in [4.78, 5) is 2.55. The molecule has 0 aromatic rings. The minimum atomic E-state index is 0.705. The van der Waals surface area contributed by atoms with Gasteiger partial charge < -0.3 is 0 Å². The van der Waals surface area contributed by atoms with Crippen molar-refractivity contribution in [3.8, 4) is 0 Å². The van der Waals surface area contributed by atoms with Gasteiger partial charge in [-0.1, -0.05) is 25.8 Å².